The third kappa shape index (κ3) is 3.12. The first kappa shape index (κ1) is 14.0. The summed E-state index contributed by atoms with van der Waals surface area (Å²) in [5, 5.41) is 0. The zero-order valence-electron chi connectivity index (χ0n) is 11.2. The van der Waals surface area contributed by atoms with E-state index in [2.05, 4.69) is 4.98 Å². The normalized spacial score (nSPS) is 10.2. The first-order valence-electron chi connectivity index (χ1n) is 5.98. The number of pyridine rings is 1. The van der Waals surface area contributed by atoms with Crippen molar-refractivity contribution in [3.05, 3.63) is 53.6 Å². The summed E-state index contributed by atoms with van der Waals surface area (Å²) in [4.78, 5) is 15.7. The van der Waals surface area contributed by atoms with Crippen molar-refractivity contribution in [1.29, 1.82) is 0 Å². The number of benzene rings is 1. The van der Waals surface area contributed by atoms with Crippen molar-refractivity contribution in [1.82, 2.24) is 4.98 Å². The van der Waals surface area contributed by atoms with Crippen LogP contribution < -0.4 is 9.47 Å². The molecule has 0 saturated carbocycles. The van der Waals surface area contributed by atoms with Crippen LogP contribution in [0.25, 0.3) is 0 Å². The molecule has 0 amide bonds. The second-order valence-electron chi connectivity index (χ2n) is 4.18. The molecule has 5 heteroatoms. The fraction of sp³-hybridized carbons (Fsp3) is 0.200. The second kappa shape index (κ2) is 6.14. The van der Waals surface area contributed by atoms with E-state index in [1.807, 2.05) is 0 Å². The Labute approximate surface area is 116 Å². The lowest BCUT2D eigenvalue weighted by molar-refractivity contribution is 0.0992. The molecule has 0 spiro atoms. The molecule has 0 saturated heterocycles. The highest BCUT2D eigenvalue weighted by Gasteiger charge is 2.11. The highest BCUT2D eigenvalue weighted by molar-refractivity contribution is 5.97. The van der Waals surface area contributed by atoms with Crippen LogP contribution in [0.1, 0.15) is 15.9 Å². The lowest BCUT2D eigenvalue weighted by Crippen LogP contribution is -2.05. The Hall–Kier alpha value is -2.43. The molecule has 104 valence electrons. The Morgan fingerprint density at radius 2 is 1.90 bits per heavy atom. The third-order valence-electron chi connectivity index (χ3n) is 2.84. The molecule has 0 bridgehead atoms. The summed E-state index contributed by atoms with van der Waals surface area (Å²) in [6, 6.07) is 6.40. The lowest BCUT2D eigenvalue weighted by Gasteiger charge is -2.09. The van der Waals surface area contributed by atoms with Gasteiger partial charge in [-0.15, -0.1) is 0 Å². The number of carbonyl (C=O) groups excluding carboxylic acids is 1. The number of nitrogens with zero attached hydrogens (tertiary/aromatic N) is 1. The number of ketones is 1. The van der Waals surface area contributed by atoms with Gasteiger partial charge in [-0.05, 0) is 23.8 Å². The molecule has 0 fully saturated rings. The van der Waals surface area contributed by atoms with Gasteiger partial charge in [-0.3, -0.25) is 9.78 Å². The molecule has 1 heterocycles. The molecule has 4 nitrogen and oxygen atoms in total. The van der Waals surface area contributed by atoms with Crippen LogP contribution in [0.15, 0.2) is 36.7 Å². The van der Waals surface area contributed by atoms with Gasteiger partial charge >= 0.3 is 0 Å². The van der Waals surface area contributed by atoms with Gasteiger partial charge in [0.2, 0.25) is 0 Å². The molecule has 0 aliphatic heterocycles. The average molecular weight is 275 g/mol. The standard InChI is InChI=1S/C15H14FNO3/c1-19-14-4-3-10(6-15(14)20-2)5-13(18)11-7-12(16)9-17-8-11/h3-4,6-9H,5H2,1-2H3. The van der Waals surface area contributed by atoms with Crippen molar-refractivity contribution >= 4 is 5.78 Å². The van der Waals surface area contributed by atoms with E-state index in [0.29, 0.717) is 11.5 Å². The summed E-state index contributed by atoms with van der Waals surface area (Å²) in [6.45, 7) is 0. The number of hydrogen-bond donors (Lipinski definition) is 0. The number of halogens is 1. The number of aromatic nitrogens is 1. The quantitative estimate of drug-likeness (QED) is 0.787. The third-order valence-corrected chi connectivity index (χ3v) is 2.84. The van der Waals surface area contributed by atoms with E-state index in [1.54, 1.807) is 25.3 Å². The highest BCUT2D eigenvalue weighted by atomic mass is 19.1. The lowest BCUT2D eigenvalue weighted by atomic mass is 10.0. The van der Waals surface area contributed by atoms with Gasteiger partial charge in [-0.2, -0.15) is 0 Å². The van der Waals surface area contributed by atoms with E-state index < -0.39 is 5.82 Å². The summed E-state index contributed by atoms with van der Waals surface area (Å²) in [6.07, 6.45) is 2.56. The summed E-state index contributed by atoms with van der Waals surface area (Å²) in [5.74, 6) is 0.415. The Balaban J connectivity index is 2.19. The molecule has 0 aliphatic rings. The molecule has 1 aromatic heterocycles. The van der Waals surface area contributed by atoms with E-state index in [-0.39, 0.29) is 17.8 Å². The molecule has 0 N–H and O–H groups in total. The van der Waals surface area contributed by atoms with Gasteiger partial charge < -0.3 is 9.47 Å². The number of ether oxygens (including phenoxy) is 2. The van der Waals surface area contributed by atoms with Crippen LogP contribution in [0.2, 0.25) is 0 Å². The van der Waals surface area contributed by atoms with Crippen LogP contribution in [0.3, 0.4) is 0 Å². The number of hydrogen-bond acceptors (Lipinski definition) is 4. The van der Waals surface area contributed by atoms with Crippen molar-refractivity contribution in [3.8, 4) is 11.5 Å². The van der Waals surface area contributed by atoms with Crippen molar-refractivity contribution in [2.75, 3.05) is 14.2 Å². The zero-order valence-corrected chi connectivity index (χ0v) is 11.2. The fourth-order valence-electron chi connectivity index (χ4n) is 1.84. The molecule has 20 heavy (non-hydrogen) atoms. The minimum atomic E-state index is -0.525. The topological polar surface area (TPSA) is 48.4 Å². The highest BCUT2D eigenvalue weighted by Crippen LogP contribution is 2.28. The predicted molar refractivity (Wildman–Crippen MR) is 71.8 cm³/mol. The minimum absolute atomic E-state index is 0.144. The average Bonchev–Trinajstić information content (AvgIpc) is 2.47. The summed E-state index contributed by atoms with van der Waals surface area (Å²) in [5.41, 5.74) is 1.01. The summed E-state index contributed by atoms with van der Waals surface area (Å²) >= 11 is 0. The SMILES string of the molecule is COc1ccc(CC(=O)c2cncc(F)c2)cc1OC. The largest absolute Gasteiger partial charge is 0.493 e. The fourth-order valence-corrected chi connectivity index (χ4v) is 1.84. The Morgan fingerprint density at radius 1 is 1.15 bits per heavy atom. The molecule has 0 radical (unpaired) electrons. The van der Waals surface area contributed by atoms with Gasteiger partial charge in [0.15, 0.2) is 17.3 Å². The first-order valence-corrected chi connectivity index (χ1v) is 5.98. The monoisotopic (exact) mass is 275 g/mol. The van der Waals surface area contributed by atoms with E-state index >= 15 is 0 Å². The summed E-state index contributed by atoms with van der Waals surface area (Å²) < 4.78 is 23.3. The Bertz CT molecular complexity index is 628. The van der Waals surface area contributed by atoms with Gasteiger partial charge in [0.1, 0.15) is 5.82 Å². The Kier molecular flexibility index (Phi) is 4.30. The van der Waals surface area contributed by atoms with Gasteiger partial charge in [0.25, 0.3) is 0 Å². The van der Waals surface area contributed by atoms with Crippen LogP contribution in [0, 0.1) is 5.82 Å². The van der Waals surface area contributed by atoms with Gasteiger partial charge in [0, 0.05) is 18.2 Å². The van der Waals surface area contributed by atoms with Gasteiger partial charge in [0.05, 0.1) is 20.4 Å². The van der Waals surface area contributed by atoms with Crippen LogP contribution in [0.4, 0.5) is 4.39 Å². The second-order valence-corrected chi connectivity index (χ2v) is 4.18. The van der Waals surface area contributed by atoms with Crippen LogP contribution in [-0.4, -0.2) is 25.0 Å². The van der Waals surface area contributed by atoms with E-state index in [1.165, 1.54) is 19.4 Å². The molecule has 1 aromatic carbocycles. The molecule has 2 rings (SSSR count). The first-order chi connectivity index (χ1) is 9.63. The molecule has 0 atom stereocenters. The van der Waals surface area contributed by atoms with Crippen molar-refractivity contribution in [2.24, 2.45) is 0 Å². The molecular formula is C15H14FNO3. The maximum atomic E-state index is 13.0. The maximum Gasteiger partial charge on any atom is 0.168 e. The van der Waals surface area contributed by atoms with Crippen LogP contribution in [-0.2, 0) is 6.42 Å². The number of methoxy groups -OCH3 is 2. The van der Waals surface area contributed by atoms with Gasteiger partial charge in [-0.25, -0.2) is 4.39 Å². The van der Waals surface area contributed by atoms with E-state index in [9.17, 15) is 9.18 Å². The zero-order chi connectivity index (χ0) is 14.5. The van der Waals surface area contributed by atoms with E-state index in [4.69, 9.17) is 9.47 Å². The molecule has 0 unspecified atom stereocenters. The van der Waals surface area contributed by atoms with Crippen LogP contribution in [0.5, 0.6) is 11.5 Å². The smallest absolute Gasteiger partial charge is 0.168 e. The van der Waals surface area contributed by atoms with E-state index in [0.717, 1.165) is 11.8 Å². The maximum absolute atomic E-state index is 13.0. The molecule has 2 aromatic rings. The number of carbonyl (C=O) groups is 1. The van der Waals surface area contributed by atoms with Gasteiger partial charge in [-0.1, -0.05) is 6.07 Å². The molecular weight excluding hydrogens is 261 g/mol. The Morgan fingerprint density at radius 3 is 2.55 bits per heavy atom. The minimum Gasteiger partial charge on any atom is -0.493 e. The van der Waals surface area contributed by atoms with Crippen LogP contribution >= 0.6 is 0 Å². The molecule has 0 aliphatic carbocycles. The van der Waals surface area contributed by atoms with Crippen molar-refractivity contribution < 1.29 is 18.7 Å². The summed E-state index contributed by atoms with van der Waals surface area (Å²) in [7, 11) is 3.07. The number of Topliss-reactive ketones (excluding diaryl/α,β-unsaturated/α-hetero) is 1. The number of rotatable bonds is 5. The van der Waals surface area contributed by atoms with Crippen molar-refractivity contribution in [3.63, 3.8) is 0 Å². The van der Waals surface area contributed by atoms with Crippen molar-refractivity contribution in [2.45, 2.75) is 6.42 Å². The predicted octanol–water partition coefficient (Wildman–Crippen LogP) is 2.66.